The van der Waals surface area contributed by atoms with Crippen molar-refractivity contribution in [3.63, 3.8) is 0 Å². The predicted octanol–water partition coefficient (Wildman–Crippen LogP) is 3.44. The number of ether oxygens (including phenoxy) is 2. The lowest BCUT2D eigenvalue weighted by molar-refractivity contribution is -0.136. The third-order valence-corrected chi connectivity index (χ3v) is 4.75. The first-order chi connectivity index (χ1) is 13.1. The Labute approximate surface area is 174 Å². The van der Waals surface area contributed by atoms with Gasteiger partial charge < -0.3 is 20.1 Å². The number of hydrogen-bond acceptors (Lipinski definition) is 4. The summed E-state index contributed by atoms with van der Waals surface area (Å²) in [6.45, 7) is 2.94. The van der Waals surface area contributed by atoms with Gasteiger partial charge in [-0.1, -0.05) is 48.5 Å². The number of rotatable bonds is 10. The number of para-hydroxylation sites is 1. The first kappa shape index (κ1) is 24.0. The van der Waals surface area contributed by atoms with E-state index in [9.17, 15) is 4.79 Å². The van der Waals surface area contributed by atoms with Gasteiger partial charge in [-0.05, 0) is 30.5 Å². The molecule has 2 N–H and O–H groups in total. The molecule has 0 bridgehead atoms. The van der Waals surface area contributed by atoms with Gasteiger partial charge >= 0.3 is 0 Å². The Kier molecular flexibility index (Phi) is 10.6. The molecule has 2 aromatic rings. The van der Waals surface area contributed by atoms with Gasteiger partial charge in [-0.2, -0.15) is 0 Å². The lowest BCUT2D eigenvalue weighted by Gasteiger charge is -2.31. The molecule has 5 nitrogen and oxygen atoms in total. The Balaban J connectivity index is 0.00000392. The van der Waals surface area contributed by atoms with Crippen LogP contribution in [0.15, 0.2) is 54.6 Å². The molecule has 2 aromatic carbocycles. The molecule has 6 heteroatoms. The Morgan fingerprint density at radius 2 is 1.71 bits per heavy atom. The van der Waals surface area contributed by atoms with Crippen LogP contribution in [-0.4, -0.2) is 43.7 Å². The van der Waals surface area contributed by atoms with E-state index in [1.165, 1.54) is 0 Å². The first-order valence-electron chi connectivity index (χ1n) is 9.27. The second kappa shape index (κ2) is 12.4. The molecule has 2 atom stereocenters. The van der Waals surface area contributed by atoms with Gasteiger partial charge in [-0.3, -0.25) is 4.79 Å². The minimum atomic E-state index is -0.269. The molecule has 1 amide bonds. The van der Waals surface area contributed by atoms with Crippen molar-refractivity contribution in [3.05, 3.63) is 65.7 Å². The Hall–Kier alpha value is -2.08. The first-order valence-corrected chi connectivity index (χ1v) is 9.27. The molecule has 0 aliphatic rings. The van der Waals surface area contributed by atoms with E-state index < -0.39 is 0 Å². The molecule has 28 heavy (non-hydrogen) atoms. The molecule has 0 fully saturated rings. The summed E-state index contributed by atoms with van der Waals surface area (Å²) >= 11 is 0. The number of nitrogens with two attached hydrogens (primary N) is 1. The minimum absolute atomic E-state index is 0. The molecule has 2 rings (SSSR count). The minimum Gasteiger partial charge on any atom is -0.496 e. The number of halogens is 1. The third kappa shape index (κ3) is 6.82. The van der Waals surface area contributed by atoms with Crippen LogP contribution in [0.4, 0.5) is 0 Å². The summed E-state index contributed by atoms with van der Waals surface area (Å²) < 4.78 is 10.8. The smallest absolute Gasteiger partial charge is 0.225 e. The van der Waals surface area contributed by atoms with E-state index in [-0.39, 0.29) is 36.9 Å². The van der Waals surface area contributed by atoms with E-state index >= 15 is 0 Å². The average Bonchev–Trinajstić information content (AvgIpc) is 2.71. The monoisotopic (exact) mass is 406 g/mol. The second-order valence-electron chi connectivity index (χ2n) is 6.67. The van der Waals surface area contributed by atoms with Gasteiger partial charge in [0.15, 0.2) is 0 Å². The van der Waals surface area contributed by atoms with Crippen molar-refractivity contribution in [3.8, 4) is 5.75 Å². The molecular formula is C22H31ClN2O3. The van der Waals surface area contributed by atoms with E-state index in [1.807, 2.05) is 59.5 Å². The molecule has 0 aromatic heterocycles. The molecule has 0 spiro atoms. The van der Waals surface area contributed by atoms with Crippen LogP contribution in [0, 0.1) is 0 Å². The molecule has 0 radical (unpaired) electrons. The summed E-state index contributed by atoms with van der Waals surface area (Å²) in [6.07, 6.45) is 0.716. The lowest BCUT2D eigenvalue weighted by Crippen LogP contribution is -2.42. The summed E-state index contributed by atoms with van der Waals surface area (Å²) in [5.41, 5.74) is 7.89. The zero-order chi connectivity index (χ0) is 19.6. The van der Waals surface area contributed by atoms with E-state index in [0.29, 0.717) is 19.5 Å². The van der Waals surface area contributed by atoms with Crippen LogP contribution in [0.2, 0.25) is 0 Å². The number of hydrogen-bond donors (Lipinski definition) is 1. The van der Waals surface area contributed by atoms with Crippen molar-refractivity contribution in [2.45, 2.75) is 38.5 Å². The maximum absolute atomic E-state index is 13.0. The number of amides is 1. The molecule has 154 valence electrons. The summed E-state index contributed by atoms with van der Waals surface area (Å²) in [6, 6.07) is 17.9. The third-order valence-electron chi connectivity index (χ3n) is 4.75. The van der Waals surface area contributed by atoms with E-state index in [2.05, 4.69) is 6.92 Å². The second-order valence-corrected chi connectivity index (χ2v) is 6.67. The SMILES string of the molecule is COc1ccccc1CC(C)N(Cc1ccccc1)C(=O)CC(CN)OC.Cl. The van der Waals surface area contributed by atoms with Crippen molar-refractivity contribution in [1.29, 1.82) is 0 Å². The van der Waals surface area contributed by atoms with Crippen molar-refractivity contribution < 1.29 is 14.3 Å². The van der Waals surface area contributed by atoms with E-state index in [4.69, 9.17) is 15.2 Å². The molecule has 0 aliphatic heterocycles. The number of carbonyl (C=O) groups excluding carboxylic acids is 1. The fourth-order valence-electron chi connectivity index (χ4n) is 3.14. The molecular weight excluding hydrogens is 376 g/mol. The highest BCUT2D eigenvalue weighted by Gasteiger charge is 2.24. The van der Waals surface area contributed by atoms with Crippen LogP contribution >= 0.6 is 12.4 Å². The van der Waals surface area contributed by atoms with Gasteiger partial charge in [0.1, 0.15) is 5.75 Å². The van der Waals surface area contributed by atoms with Crippen molar-refractivity contribution in [2.24, 2.45) is 5.73 Å². The highest BCUT2D eigenvalue weighted by molar-refractivity contribution is 5.85. The van der Waals surface area contributed by atoms with Gasteiger partial charge in [-0.15, -0.1) is 12.4 Å². The maximum atomic E-state index is 13.0. The Morgan fingerprint density at radius 1 is 1.07 bits per heavy atom. The quantitative estimate of drug-likeness (QED) is 0.656. The summed E-state index contributed by atoms with van der Waals surface area (Å²) in [5, 5.41) is 0. The summed E-state index contributed by atoms with van der Waals surface area (Å²) in [4.78, 5) is 14.9. The van der Waals surface area contributed by atoms with Gasteiger partial charge in [0.2, 0.25) is 5.91 Å². The molecule has 0 heterocycles. The van der Waals surface area contributed by atoms with Crippen LogP contribution in [0.1, 0.15) is 24.5 Å². The standard InChI is InChI=1S/C22H30N2O3.ClH/c1-17(13-19-11-7-8-12-21(19)27-3)24(16-18-9-5-4-6-10-18)22(25)14-20(15-23)26-2;/h4-12,17,20H,13-16,23H2,1-3H3;1H. The van der Waals surface area contributed by atoms with Crippen molar-refractivity contribution in [1.82, 2.24) is 4.90 Å². The Morgan fingerprint density at radius 3 is 2.32 bits per heavy atom. The molecule has 0 saturated carbocycles. The average molecular weight is 407 g/mol. The normalized spacial score (nSPS) is 12.6. The molecule has 2 unspecified atom stereocenters. The fraction of sp³-hybridized carbons (Fsp3) is 0.409. The summed E-state index contributed by atoms with van der Waals surface area (Å²) in [5.74, 6) is 0.881. The van der Waals surface area contributed by atoms with Crippen LogP contribution in [-0.2, 0) is 22.5 Å². The zero-order valence-electron chi connectivity index (χ0n) is 16.8. The highest BCUT2D eigenvalue weighted by Crippen LogP contribution is 2.22. The highest BCUT2D eigenvalue weighted by atomic mass is 35.5. The largest absolute Gasteiger partial charge is 0.496 e. The fourth-order valence-corrected chi connectivity index (χ4v) is 3.14. The van der Waals surface area contributed by atoms with Gasteiger partial charge in [-0.25, -0.2) is 0 Å². The number of benzene rings is 2. The molecule has 0 saturated heterocycles. The number of methoxy groups -OCH3 is 2. The van der Waals surface area contributed by atoms with E-state index in [1.54, 1.807) is 14.2 Å². The van der Waals surface area contributed by atoms with Gasteiger partial charge in [0.05, 0.1) is 19.6 Å². The van der Waals surface area contributed by atoms with Gasteiger partial charge in [0, 0.05) is 26.2 Å². The maximum Gasteiger partial charge on any atom is 0.225 e. The van der Waals surface area contributed by atoms with E-state index in [0.717, 1.165) is 16.9 Å². The lowest BCUT2D eigenvalue weighted by atomic mass is 10.0. The Bertz CT molecular complexity index is 708. The predicted molar refractivity (Wildman–Crippen MR) is 115 cm³/mol. The molecule has 0 aliphatic carbocycles. The van der Waals surface area contributed by atoms with Crippen LogP contribution in [0.25, 0.3) is 0 Å². The van der Waals surface area contributed by atoms with Crippen LogP contribution < -0.4 is 10.5 Å². The van der Waals surface area contributed by atoms with Crippen LogP contribution in [0.5, 0.6) is 5.75 Å². The zero-order valence-corrected chi connectivity index (χ0v) is 17.7. The van der Waals surface area contributed by atoms with Crippen LogP contribution in [0.3, 0.4) is 0 Å². The van der Waals surface area contributed by atoms with Crippen molar-refractivity contribution in [2.75, 3.05) is 20.8 Å². The topological polar surface area (TPSA) is 64.8 Å². The number of carbonyl (C=O) groups is 1. The summed E-state index contributed by atoms with van der Waals surface area (Å²) in [7, 11) is 3.26. The van der Waals surface area contributed by atoms with Gasteiger partial charge in [0.25, 0.3) is 0 Å². The van der Waals surface area contributed by atoms with Crippen molar-refractivity contribution >= 4 is 18.3 Å². The number of nitrogens with zero attached hydrogens (tertiary/aromatic N) is 1.